The zero-order chi connectivity index (χ0) is 56.7. The first-order valence-electron chi connectivity index (χ1n) is 30.5. The maximum atomic E-state index is 13.2. The SMILES string of the molecule is CC/C=C\C/C=C\C/C=C\C/C=C\C/C=C\CC(=O)NC(COC1OC(CO)C(OC2OC(CO)C(O)C(O)C2O)C(O)C1O)C(O)/C=C/CC/C=C/CC/C=C/CCCCCCCCCCCCCCCCCCCCC. The Morgan fingerprint density at radius 1 is 0.474 bits per heavy atom. The highest BCUT2D eigenvalue weighted by molar-refractivity contribution is 5.77. The van der Waals surface area contributed by atoms with Gasteiger partial charge in [-0.3, -0.25) is 4.79 Å². The lowest BCUT2D eigenvalue weighted by Crippen LogP contribution is -2.65. The second kappa shape index (κ2) is 48.6. The molecule has 12 unspecified atom stereocenters. The summed E-state index contributed by atoms with van der Waals surface area (Å²) in [4.78, 5) is 13.2. The van der Waals surface area contributed by atoms with Gasteiger partial charge in [-0.25, -0.2) is 0 Å². The van der Waals surface area contributed by atoms with Crippen molar-refractivity contribution in [2.45, 2.75) is 280 Å². The largest absolute Gasteiger partial charge is 0.394 e. The molecule has 2 aliphatic heterocycles. The fraction of sp³-hybridized carbons (Fsp3) is 0.734. The van der Waals surface area contributed by atoms with Crippen molar-refractivity contribution >= 4 is 5.91 Å². The molecule has 0 bridgehead atoms. The maximum Gasteiger partial charge on any atom is 0.224 e. The predicted octanol–water partition coefficient (Wildman–Crippen LogP) is 10.7. The van der Waals surface area contributed by atoms with E-state index in [1.165, 1.54) is 122 Å². The van der Waals surface area contributed by atoms with Crippen molar-refractivity contribution in [1.82, 2.24) is 5.32 Å². The molecule has 0 spiro atoms. The Balaban J connectivity index is 1.77. The monoisotopic (exact) mass is 1100 g/mol. The molecule has 12 atom stereocenters. The quantitative estimate of drug-likeness (QED) is 0.0204. The molecular formula is C64H109NO13. The van der Waals surface area contributed by atoms with Crippen molar-refractivity contribution in [3.05, 3.63) is 97.2 Å². The van der Waals surface area contributed by atoms with Gasteiger partial charge in [0.05, 0.1) is 32.0 Å². The summed E-state index contributed by atoms with van der Waals surface area (Å²) in [5.74, 6) is -0.383. The van der Waals surface area contributed by atoms with E-state index in [2.05, 4.69) is 86.0 Å². The summed E-state index contributed by atoms with van der Waals surface area (Å²) < 4.78 is 22.7. The van der Waals surface area contributed by atoms with Gasteiger partial charge >= 0.3 is 0 Å². The number of aliphatic hydroxyl groups excluding tert-OH is 8. The van der Waals surface area contributed by atoms with E-state index in [0.717, 1.165) is 51.4 Å². The van der Waals surface area contributed by atoms with E-state index in [-0.39, 0.29) is 18.9 Å². The summed E-state index contributed by atoms with van der Waals surface area (Å²) in [7, 11) is 0. The summed E-state index contributed by atoms with van der Waals surface area (Å²) in [6.45, 7) is 2.58. The molecule has 78 heavy (non-hydrogen) atoms. The van der Waals surface area contributed by atoms with E-state index in [1.54, 1.807) is 12.2 Å². The standard InChI is InChI=1S/C64H109NO13/c1-3-5-7-9-11-13-15-17-19-20-21-22-23-24-25-26-27-28-29-30-31-32-34-35-37-39-41-43-45-47-53(68)52(65-56(69)48-46-44-42-40-38-36-33-18-16-14-12-10-8-6-4-2)51-75-63-61(74)59(72)62(55(50-67)77-63)78-64-60(73)58(71)57(70)54(49-66)76-64/h6,8,12,14,18,31-33,37-40,44-47,52-55,57-64,66-68,70-74H,3-5,7,9-11,13,15-17,19-30,34-36,41-43,48-51H2,1-2H3,(H,65,69)/b8-6-,14-12-,32-31+,33-18-,39-37+,40-38-,46-44-,47-45+. The molecular weight excluding hydrogens is 991 g/mol. The Hall–Kier alpha value is -3.09. The molecule has 14 nitrogen and oxygen atoms in total. The molecule has 2 rings (SSSR count). The van der Waals surface area contributed by atoms with Crippen molar-refractivity contribution in [3.63, 3.8) is 0 Å². The third kappa shape index (κ3) is 33.6. The van der Waals surface area contributed by atoms with Crippen LogP contribution in [0, 0.1) is 0 Å². The number of amides is 1. The van der Waals surface area contributed by atoms with Crippen molar-refractivity contribution in [1.29, 1.82) is 0 Å². The molecule has 0 aromatic rings. The Bertz CT molecular complexity index is 1680. The fourth-order valence-corrected chi connectivity index (χ4v) is 9.39. The van der Waals surface area contributed by atoms with Gasteiger partial charge in [0.2, 0.25) is 5.91 Å². The average molecular weight is 1100 g/mol. The van der Waals surface area contributed by atoms with E-state index in [9.17, 15) is 45.6 Å². The van der Waals surface area contributed by atoms with Crippen LogP contribution in [0.25, 0.3) is 0 Å². The van der Waals surface area contributed by atoms with Crippen LogP contribution in [-0.2, 0) is 23.7 Å². The third-order valence-electron chi connectivity index (χ3n) is 14.3. The highest BCUT2D eigenvalue weighted by Gasteiger charge is 2.51. The summed E-state index contributed by atoms with van der Waals surface area (Å²) in [6, 6.07) is -0.999. The van der Waals surface area contributed by atoms with Crippen LogP contribution in [0.3, 0.4) is 0 Å². The molecule has 9 N–H and O–H groups in total. The van der Waals surface area contributed by atoms with E-state index in [4.69, 9.17) is 18.9 Å². The minimum absolute atomic E-state index is 0.0326. The number of unbranched alkanes of at least 4 members (excludes halogenated alkanes) is 21. The number of nitrogens with one attached hydrogen (secondary N) is 1. The Labute approximate surface area is 471 Å². The molecule has 0 aliphatic carbocycles. The minimum atomic E-state index is -1.81. The Morgan fingerprint density at radius 2 is 0.897 bits per heavy atom. The molecule has 1 amide bonds. The number of rotatable bonds is 47. The van der Waals surface area contributed by atoms with Gasteiger partial charge < -0.3 is 65.1 Å². The van der Waals surface area contributed by atoms with Crippen molar-refractivity contribution in [3.8, 4) is 0 Å². The topological polar surface area (TPSA) is 228 Å². The number of carbonyl (C=O) groups is 1. The number of allylic oxidation sites excluding steroid dienone is 14. The van der Waals surface area contributed by atoms with Crippen LogP contribution in [0.1, 0.15) is 206 Å². The number of aliphatic hydroxyl groups is 8. The minimum Gasteiger partial charge on any atom is -0.394 e. The molecule has 448 valence electrons. The summed E-state index contributed by atoms with van der Waals surface area (Å²) in [6.07, 6.45) is 50.7. The van der Waals surface area contributed by atoms with Gasteiger partial charge in [-0.05, 0) is 70.6 Å². The number of ether oxygens (including phenoxy) is 4. The first-order valence-corrected chi connectivity index (χ1v) is 30.5. The molecule has 14 heteroatoms. The molecule has 0 radical (unpaired) electrons. The zero-order valence-electron chi connectivity index (χ0n) is 48.1. The van der Waals surface area contributed by atoms with Crippen molar-refractivity contribution in [2.75, 3.05) is 19.8 Å². The highest BCUT2D eigenvalue weighted by Crippen LogP contribution is 2.30. The highest BCUT2D eigenvalue weighted by atomic mass is 16.7. The summed E-state index contributed by atoms with van der Waals surface area (Å²) >= 11 is 0. The van der Waals surface area contributed by atoms with Gasteiger partial charge in [-0.2, -0.15) is 0 Å². The lowest BCUT2D eigenvalue weighted by molar-refractivity contribution is -0.359. The average Bonchev–Trinajstić information content (AvgIpc) is 3.48. The van der Waals surface area contributed by atoms with Crippen LogP contribution in [0.15, 0.2) is 97.2 Å². The third-order valence-corrected chi connectivity index (χ3v) is 14.3. The van der Waals surface area contributed by atoms with Gasteiger partial charge in [0.1, 0.15) is 48.8 Å². The van der Waals surface area contributed by atoms with E-state index in [1.807, 2.05) is 18.2 Å². The molecule has 2 saturated heterocycles. The first-order chi connectivity index (χ1) is 38.1. The van der Waals surface area contributed by atoms with Gasteiger partial charge in [0, 0.05) is 6.42 Å². The van der Waals surface area contributed by atoms with E-state index < -0.39 is 86.8 Å². The lowest BCUT2D eigenvalue weighted by Gasteiger charge is -2.46. The van der Waals surface area contributed by atoms with Crippen LogP contribution in [-0.4, -0.2) is 140 Å². The molecule has 2 heterocycles. The van der Waals surface area contributed by atoms with Gasteiger partial charge in [-0.1, -0.05) is 227 Å². The fourth-order valence-electron chi connectivity index (χ4n) is 9.39. The van der Waals surface area contributed by atoms with Crippen LogP contribution >= 0.6 is 0 Å². The van der Waals surface area contributed by atoms with Gasteiger partial charge in [-0.15, -0.1) is 0 Å². The number of carbonyl (C=O) groups excluding carboxylic acids is 1. The van der Waals surface area contributed by atoms with Crippen molar-refractivity contribution in [2.24, 2.45) is 0 Å². The molecule has 0 saturated carbocycles. The van der Waals surface area contributed by atoms with Crippen LogP contribution in [0.2, 0.25) is 0 Å². The number of hydrogen-bond donors (Lipinski definition) is 9. The van der Waals surface area contributed by atoms with Crippen molar-refractivity contribution < 1.29 is 64.6 Å². The Morgan fingerprint density at radius 3 is 1.38 bits per heavy atom. The predicted molar refractivity (Wildman–Crippen MR) is 313 cm³/mol. The van der Waals surface area contributed by atoms with Crippen LogP contribution in [0.4, 0.5) is 0 Å². The zero-order valence-corrected chi connectivity index (χ0v) is 48.1. The maximum absolute atomic E-state index is 13.2. The number of hydrogen-bond acceptors (Lipinski definition) is 13. The van der Waals surface area contributed by atoms with Crippen LogP contribution in [0.5, 0.6) is 0 Å². The molecule has 0 aromatic carbocycles. The Kier molecular flexibility index (Phi) is 44.3. The van der Waals surface area contributed by atoms with E-state index in [0.29, 0.717) is 12.8 Å². The van der Waals surface area contributed by atoms with Gasteiger partial charge in [0.25, 0.3) is 0 Å². The van der Waals surface area contributed by atoms with Gasteiger partial charge in [0.15, 0.2) is 12.6 Å². The van der Waals surface area contributed by atoms with Crippen LogP contribution < -0.4 is 5.32 Å². The summed E-state index contributed by atoms with van der Waals surface area (Å²) in [5, 5.41) is 86.9. The summed E-state index contributed by atoms with van der Waals surface area (Å²) in [5.41, 5.74) is 0. The lowest BCUT2D eigenvalue weighted by atomic mass is 9.97. The second-order valence-corrected chi connectivity index (χ2v) is 21.1. The normalized spacial score (nSPS) is 25.3. The first kappa shape index (κ1) is 71.0. The molecule has 2 fully saturated rings. The molecule has 2 aliphatic rings. The second-order valence-electron chi connectivity index (χ2n) is 21.1. The van der Waals surface area contributed by atoms with E-state index >= 15 is 0 Å². The smallest absolute Gasteiger partial charge is 0.224 e. The molecule has 0 aromatic heterocycles.